The van der Waals surface area contributed by atoms with Gasteiger partial charge in [0.2, 0.25) is 5.91 Å². The van der Waals surface area contributed by atoms with Gasteiger partial charge in [-0.1, -0.05) is 28.1 Å². The first-order valence-corrected chi connectivity index (χ1v) is 7.30. The van der Waals surface area contributed by atoms with Gasteiger partial charge in [0.15, 0.2) is 0 Å². The molecule has 1 aliphatic heterocycles. The average molecular weight is 364 g/mol. The van der Waals surface area contributed by atoms with Crippen molar-refractivity contribution in [2.45, 2.75) is 24.8 Å². The molecule has 112 valence electrons. The number of carbonyl (C=O) groups excluding carboxylic acids is 1. The molecule has 1 aliphatic rings. The van der Waals surface area contributed by atoms with E-state index in [1.807, 2.05) is 12.1 Å². The van der Waals surface area contributed by atoms with Crippen molar-refractivity contribution in [1.82, 2.24) is 5.32 Å². The predicted octanol–water partition coefficient (Wildman–Crippen LogP) is 2.34. The second-order valence-electron chi connectivity index (χ2n) is 4.79. The lowest BCUT2D eigenvalue weighted by atomic mass is 9.82. The highest BCUT2D eigenvalue weighted by atomic mass is 79.9. The monoisotopic (exact) mass is 362 g/mol. The molecular weight excluding hydrogens is 344 g/mol. The van der Waals surface area contributed by atoms with Crippen molar-refractivity contribution in [3.63, 3.8) is 0 Å². The highest BCUT2D eigenvalue weighted by Crippen LogP contribution is 2.32. The molecule has 0 aliphatic carbocycles. The second kappa shape index (κ2) is 7.98. The highest BCUT2D eigenvalue weighted by Gasteiger charge is 2.35. The number of nitrogens with two attached hydrogens (primary N) is 1. The Balaban J connectivity index is 0.00000200. The Labute approximate surface area is 134 Å². The molecule has 0 radical (unpaired) electrons. The fraction of sp³-hybridized carbons (Fsp3) is 0.500. The number of rotatable bonds is 4. The molecule has 0 aromatic heterocycles. The molecule has 1 aromatic carbocycles. The molecule has 0 unspecified atom stereocenters. The molecule has 1 heterocycles. The number of halogens is 2. The van der Waals surface area contributed by atoms with Gasteiger partial charge in [-0.05, 0) is 30.5 Å². The number of amides is 1. The van der Waals surface area contributed by atoms with Gasteiger partial charge in [0.1, 0.15) is 0 Å². The summed E-state index contributed by atoms with van der Waals surface area (Å²) in [6, 6.07) is 8.11. The standard InChI is InChI=1S/C14H19BrN2O2.ClH/c15-12-3-1-11(2-4-12)14(6-9-19-10-7-14)17-13(18)5-8-16;/h1-4H,5-10,16H2,(H,17,18);1H. The van der Waals surface area contributed by atoms with E-state index in [1.54, 1.807) is 0 Å². The third-order valence-corrected chi connectivity index (χ3v) is 4.02. The van der Waals surface area contributed by atoms with Gasteiger partial charge in [0.25, 0.3) is 0 Å². The van der Waals surface area contributed by atoms with Crippen LogP contribution in [-0.2, 0) is 15.1 Å². The van der Waals surface area contributed by atoms with Crippen LogP contribution < -0.4 is 11.1 Å². The number of hydrogen-bond acceptors (Lipinski definition) is 3. The highest BCUT2D eigenvalue weighted by molar-refractivity contribution is 9.10. The Bertz CT molecular complexity index is 433. The third kappa shape index (κ3) is 4.19. The molecule has 3 N–H and O–H groups in total. The molecule has 1 saturated heterocycles. The van der Waals surface area contributed by atoms with Gasteiger partial charge in [0, 0.05) is 30.7 Å². The fourth-order valence-corrected chi connectivity index (χ4v) is 2.70. The van der Waals surface area contributed by atoms with Crippen molar-refractivity contribution >= 4 is 34.2 Å². The molecule has 1 amide bonds. The van der Waals surface area contributed by atoms with Crippen molar-refractivity contribution in [3.05, 3.63) is 34.3 Å². The Kier molecular flexibility index (Phi) is 6.95. The van der Waals surface area contributed by atoms with Crippen LogP contribution in [0.15, 0.2) is 28.7 Å². The SMILES string of the molecule is Cl.NCCC(=O)NC1(c2ccc(Br)cc2)CCOCC1. The van der Waals surface area contributed by atoms with Crippen LogP contribution in [0.25, 0.3) is 0 Å². The van der Waals surface area contributed by atoms with E-state index < -0.39 is 0 Å². The molecule has 6 heteroatoms. The minimum atomic E-state index is -0.314. The molecule has 4 nitrogen and oxygen atoms in total. The maximum absolute atomic E-state index is 11.9. The van der Waals surface area contributed by atoms with Gasteiger partial charge < -0.3 is 15.8 Å². The van der Waals surface area contributed by atoms with E-state index in [1.165, 1.54) is 0 Å². The summed E-state index contributed by atoms with van der Waals surface area (Å²) in [7, 11) is 0. The van der Waals surface area contributed by atoms with Gasteiger partial charge in [-0.3, -0.25) is 4.79 Å². The summed E-state index contributed by atoms with van der Waals surface area (Å²) < 4.78 is 6.46. The summed E-state index contributed by atoms with van der Waals surface area (Å²) in [6.07, 6.45) is 1.95. The van der Waals surface area contributed by atoms with E-state index >= 15 is 0 Å². The molecule has 2 rings (SSSR count). The largest absolute Gasteiger partial charge is 0.381 e. The number of nitrogens with one attached hydrogen (secondary N) is 1. The molecular formula is C14H20BrClN2O2. The summed E-state index contributed by atoms with van der Waals surface area (Å²) in [5, 5.41) is 3.15. The van der Waals surface area contributed by atoms with Crippen LogP contribution in [0.1, 0.15) is 24.8 Å². The lowest BCUT2D eigenvalue weighted by Crippen LogP contribution is -2.49. The van der Waals surface area contributed by atoms with Crippen molar-refractivity contribution in [2.75, 3.05) is 19.8 Å². The van der Waals surface area contributed by atoms with E-state index in [2.05, 4.69) is 33.4 Å². The molecule has 0 spiro atoms. The normalized spacial score (nSPS) is 17.1. The van der Waals surface area contributed by atoms with Crippen molar-refractivity contribution < 1.29 is 9.53 Å². The van der Waals surface area contributed by atoms with E-state index in [-0.39, 0.29) is 23.9 Å². The molecule has 20 heavy (non-hydrogen) atoms. The predicted molar refractivity (Wildman–Crippen MR) is 84.9 cm³/mol. The summed E-state index contributed by atoms with van der Waals surface area (Å²) in [4.78, 5) is 11.9. The van der Waals surface area contributed by atoms with Crippen LogP contribution >= 0.6 is 28.3 Å². The van der Waals surface area contributed by atoms with Crippen LogP contribution in [0.3, 0.4) is 0 Å². The Morgan fingerprint density at radius 1 is 1.30 bits per heavy atom. The lowest BCUT2D eigenvalue weighted by molar-refractivity contribution is -0.124. The van der Waals surface area contributed by atoms with Gasteiger partial charge in [-0.15, -0.1) is 12.4 Å². The van der Waals surface area contributed by atoms with E-state index in [4.69, 9.17) is 10.5 Å². The molecule has 0 bridgehead atoms. The Hall–Kier alpha value is -0.620. The van der Waals surface area contributed by atoms with E-state index in [9.17, 15) is 4.79 Å². The molecule has 1 aromatic rings. The van der Waals surface area contributed by atoms with Crippen molar-refractivity contribution in [2.24, 2.45) is 5.73 Å². The summed E-state index contributed by atoms with van der Waals surface area (Å²) in [5.74, 6) is 0.00678. The van der Waals surface area contributed by atoms with Gasteiger partial charge >= 0.3 is 0 Å². The summed E-state index contributed by atoms with van der Waals surface area (Å²) in [6.45, 7) is 1.71. The van der Waals surface area contributed by atoms with E-state index in [0.717, 1.165) is 22.9 Å². The first-order chi connectivity index (χ1) is 9.16. The Morgan fingerprint density at radius 3 is 2.45 bits per heavy atom. The fourth-order valence-electron chi connectivity index (χ4n) is 2.44. The van der Waals surface area contributed by atoms with Crippen molar-refractivity contribution in [1.29, 1.82) is 0 Å². The summed E-state index contributed by atoms with van der Waals surface area (Å²) >= 11 is 3.43. The third-order valence-electron chi connectivity index (χ3n) is 3.49. The minimum absolute atomic E-state index is 0. The van der Waals surface area contributed by atoms with Crippen LogP contribution in [0.5, 0.6) is 0 Å². The summed E-state index contributed by atoms with van der Waals surface area (Å²) in [5.41, 5.74) is 6.26. The van der Waals surface area contributed by atoms with Gasteiger partial charge in [-0.2, -0.15) is 0 Å². The van der Waals surface area contributed by atoms with Gasteiger partial charge in [0.05, 0.1) is 5.54 Å². The second-order valence-corrected chi connectivity index (χ2v) is 5.70. The van der Waals surface area contributed by atoms with Crippen LogP contribution in [-0.4, -0.2) is 25.7 Å². The zero-order valence-electron chi connectivity index (χ0n) is 11.2. The maximum atomic E-state index is 11.9. The van der Waals surface area contributed by atoms with Crippen LogP contribution in [0, 0.1) is 0 Å². The first-order valence-electron chi connectivity index (χ1n) is 6.51. The first kappa shape index (κ1) is 17.4. The van der Waals surface area contributed by atoms with E-state index in [0.29, 0.717) is 26.2 Å². The number of benzene rings is 1. The number of carbonyl (C=O) groups is 1. The average Bonchev–Trinajstić information content (AvgIpc) is 2.40. The van der Waals surface area contributed by atoms with Crippen LogP contribution in [0.4, 0.5) is 0 Å². The van der Waals surface area contributed by atoms with Gasteiger partial charge in [-0.25, -0.2) is 0 Å². The smallest absolute Gasteiger partial charge is 0.221 e. The number of hydrogen-bond donors (Lipinski definition) is 2. The van der Waals surface area contributed by atoms with Crippen molar-refractivity contribution in [3.8, 4) is 0 Å². The maximum Gasteiger partial charge on any atom is 0.221 e. The zero-order chi connectivity index (χ0) is 13.7. The molecule has 0 saturated carbocycles. The molecule has 1 fully saturated rings. The van der Waals surface area contributed by atoms with Crippen LogP contribution in [0.2, 0.25) is 0 Å². The topological polar surface area (TPSA) is 64.4 Å². The zero-order valence-corrected chi connectivity index (χ0v) is 13.6. The minimum Gasteiger partial charge on any atom is -0.381 e. The lowest BCUT2D eigenvalue weighted by Gasteiger charge is -2.38. The molecule has 0 atom stereocenters. The Morgan fingerprint density at radius 2 is 1.90 bits per heavy atom. The quantitative estimate of drug-likeness (QED) is 0.863. The number of ether oxygens (including phenoxy) is 1.